The van der Waals surface area contributed by atoms with Gasteiger partial charge in [-0.2, -0.15) is 0 Å². The number of rotatable bonds is 7. The van der Waals surface area contributed by atoms with Gasteiger partial charge < -0.3 is 14.6 Å². The van der Waals surface area contributed by atoms with Crippen LogP contribution in [0.1, 0.15) is 31.7 Å². The van der Waals surface area contributed by atoms with Gasteiger partial charge in [0.15, 0.2) is 9.84 Å². The monoisotopic (exact) mass is 456 g/mol. The first-order valence-corrected chi connectivity index (χ1v) is 11.6. The van der Waals surface area contributed by atoms with Crippen LogP contribution < -0.4 is 0 Å². The van der Waals surface area contributed by atoms with E-state index in [1.54, 1.807) is 19.2 Å². The highest BCUT2D eigenvalue weighted by Gasteiger charge is 2.46. The third-order valence-corrected chi connectivity index (χ3v) is 7.71. The normalized spacial score (nSPS) is 24.5. The Bertz CT molecular complexity index is 872. The van der Waals surface area contributed by atoms with Crippen molar-refractivity contribution in [1.82, 2.24) is 0 Å². The number of aromatic hydroxyl groups is 1. The van der Waals surface area contributed by atoms with Gasteiger partial charge in [0, 0.05) is 17.1 Å². The zero-order valence-electron chi connectivity index (χ0n) is 15.6. The molecular formula is C20H25BrO5S. The zero-order valence-corrected chi connectivity index (χ0v) is 18.0. The molecule has 2 heterocycles. The second-order valence-electron chi connectivity index (χ2n) is 7.01. The van der Waals surface area contributed by atoms with Crippen LogP contribution in [-0.4, -0.2) is 51.0 Å². The van der Waals surface area contributed by atoms with Gasteiger partial charge in [0.1, 0.15) is 11.0 Å². The van der Waals surface area contributed by atoms with E-state index in [9.17, 15) is 13.5 Å². The van der Waals surface area contributed by atoms with Crippen molar-refractivity contribution in [1.29, 1.82) is 0 Å². The Hall–Kier alpha value is -1.15. The van der Waals surface area contributed by atoms with Crippen molar-refractivity contribution in [3.8, 4) is 5.75 Å². The van der Waals surface area contributed by atoms with Gasteiger partial charge in [-0.25, -0.2) is 8.42 Å². The topological polar surface area (TPSA) is 72.8 Å². The molecule has 27 heavy (non-hydrogen) atoms. The van der Waals surface area contributed by atoms with Crippen molar-refractivity contribution in [3.63, 3.8) is 0 Å². The van der Waals surface area contributed by atoms with E-state index in [1.165, 1.54) is 5.57 Å². The average Bonchev–Trinajstić information content (AvgIpc) is 3.15. The smallest absolute Gasteiger partial charge is 0.163 e. The number of hydrogen-bond acceptors (Lipinski definition) is 5. The molecule has 0 amide bonds. The number of allylic oxidation sites excluding steroid dienone is 1. The average molecular weight is 457 g/mol. The fourth-order valence-corrected chi connectivity index (χ4v) is 6.14. The Balaban J connectivity index is 1.76. The summed E-state index contributed by atoms with van der Waals surface area (Å²) >= 11 is 3.43. The quantitative estimate of drug-likeness (QED) is 0.630. The Morgan fingerprint density at radius 1 is 1.44 bits per heavy atom. The summed E-state index contributed by atoms with van der Waals surface area (Å²) < 4.78 is 36.7. The minimum Gasteiger partial charge on any atom is -0.507 e. The van der Waals surface area contributed by atoms with Crippen LogP contribution in [-0.2, 0) is 19.3 Å². The van der Waals surface area contributed by atoms with E-state index in [4.69, 9.17) is 9.47 Å². The molecule has 3 rings (SSSR count). The summed E-state index contributed by atoms with van der Waals surface area (Å²) in [5.41, 5.74) is 3.73. The number of ether oxygens (including phenoxy) is 2. The second kappa shape index (κ2) is 8.47. The second-order valence-corrected chi connectivity index (χ2v) is 10.1. The number of hydrogen-bond donors (Lipinski definition) is 1. The standard InChI is InChI=1S/C20H25BrO5S/c1-3-13(8-14-9-16(21)5-6-17(14)22)4-7-18-20-15(10-25-2)12-27(23,24)19(20)11-26-18/h5-6,8-9,18-19,22H,3-4,7,10-12H2,1-2H3/b13-8+/t18-,19+/m1/s1. The van der Waals surface area contributed by atoms with Gasteiger partial charge in [-0.15, -0.1) is 0 Å². The van der Waals surface area contributed by atoms with E-state index in [2.05, 4.69) is 22.9 Å². The number of sulfone groups is 1. The first-order chi connectivity index (χ1) is 12.9. The lowest BCUT2D eigenvalue weighted by Gasteiger charge is -2.15. The van der Waals surface area contributed by atoms with Gasteiger partial charge in [-0.3, -0.25) is 0 Å². The van der Waals surface area contributed by atoms with E-state index in [-0.39, 0.29) is 24.2 Å². The summed E-state index contributed by atoms with van der Waals surface area (Å²) in [6.45, 7) is 2.66. The minimum atomic E-state index is -3.16. The minimum absolute atomic E-state index is 0.0864. The van der Waals surface area contributed by atoms with Gasteiger partial charge in [0.05, 0.1) is 25.1 Å². The Morgan fingerprint density at radius 2 is 2.22 bits per heavy atom. The predicted molar refractivity (Wildman–Crippen MR) is 110 cm³/mol. The molecule has 0 spiro atoms. The summed E-state index contributed by atoms with van der Waals surface area (Å²) in [5.74, 6) is 0.330. The first kappa shape index (κ1) is 20.6. The summed E-state index contributed by atoms with van der Waals surface area (Å²) in [7, 11) is -1.58. The molecular weight excluding hydrogens is 432 g/mol. The fourth-order valence-electron chi connectivity index (χ4n) is 3.84. The third-order valence-electron chi connectivity index (χ3n) is 5.21. The highest BCUT2D eigenvalue weighted by molar-refractivity contribution is 9.10. The summed E-state index contributed by atoms with van der Waals surface area (Å²) in [6, 6.07) is 5.35. The number of phenols is 1. The maximum absolute atomic E-state index is 12.4. The number of halogens is 1. The molecule has 1 N–H and O–H groups in total. The molecule has 1 saturated heterocycles. The van der Waals surface area contributed by atoms with Gasteiger partial charge >= 0.3 is 0 Å². The molecule has 0 bridgehead atoms. The molecule has 7 heteroatoms. The van der Waals surface area contributed by atoms with E-state index in [0.717, 1.165) is 40.4 Å². The van der Waals surface area contributed by atoms with Crippen LogP contribution in [0.25, 0.3) is 6.08 Å². The van der Waals surface area contributed by atoms with Crippen LogP contribution in [0.2, 0.25) is 0 Å². The van der Waals surface area contributed by atoms with Crippen molar-refractivity contribution < 1.29 is 23.0 Å². The molecule has 2 atom stereocenters. The van der Waals surface area contributed by atoms with Crippen LogP contribution in [0.3, 0.4) is 0 Å². The molecule has 2 aliphatic heterocycles. The van der Waals surface area contributed by atoms with Crippen LogP contribution in [0, 0.1) is 0 Å². The molecule has 1 aromatic rings. The highest BCUT2D eigenvalue weighted by atomic mass is 79.9. The van der Waals surface area contributed by atoms with Crippen LogP contribution in [0.4, 0.5) is 0 Å². The first-order valence-electron chi connectivity index (χ1n) is 9.07. The number of fused-ring (bicyclic) bond motifs is 1. The number of benzene rings is 1. The van der Waals surface area contributed by atoms with Crippen molar-refractivity contribution >= 4 is 31.8 Å². The van der Waals surface area contributed by atoms with Crippen LogP contribution in [0.5, 0.6) is 5.75 Å². The lowest BCUT2D eigenvalue weighted by molar-refractivity contribution is 0.117. The van der Waals surface area contributed by atoms with E-state index in [1.807, 2.05) is 12.1 Å². The maximum atomic E-state index is 12.4. The van der Waals surface area contributed by atoms with Gasteiger partial charge in [-0.05, 0) is 48.6 Å². The Labute approximate surface area is 169 Å². The SMILES string of the molecule is CC/C(=C\c1cc(Br)ccc1O)CC[C@H]1OC[C@H]2C1=C(COC)CS2(=O)=O. The van der Waals surface area contributed by atoms with Crippen LogP contribution in [0.15, 0.2) is 39.4 Å². The molecule has 5 nitrogen and oxygen atoms in total. The third kappa shape index (κ3) is 4.47. The lowest BCUT2D eigenvalue weighted by atomic mass is 9.96. The Morgan fingerprint density at radius 3 is 2.93 bits per heavy atom. The highest BCUT2D eigenvalue weighted by Crippen LogP contribution is 2.39. The van der Waals surface area contributed by atoms with E-state index in [0.29, 0.717) is 6.61 Å². The van der Waals surface area contributed by atoms with Crippen molar-refractivity contribution in [2.45, 2.75) is 37.5 Å². The molecule has 148 valence electrons. The Kier molecular flexibility index (Phi) is 6.46. The molecule has 0 saturated carbocycles. The van der Waals surface area contributed by atoms with Gasteiger partial charge in [-0.1, -0.05) is 34.5 Å². The number of methoxy groups -OCH3 is 1. The van der Waals surface area contributed by atoms with Crippen molar-refractivity contribution in [3.05, 3.63) is 45.0 Å². The van der Waals surface area contributed by atoms with E-state index < -0.39 is 15.1 Å². The zero-order chi connectivity index (χ0) is 19.6. The van der Waals surface area contributed by atoms with Crippen molar-refractivity contribution in [2.24, 2.45) is 0 Å². The van der Waals surface area contributed by atoms with Gasteiger partial charge in [0.2, 0.25) is 0 Å². The maximum Gasteiger partial charge on any atom is 0.163 e. The molecule has 1 fully saturated rings. The fraction of sp³-hybridized carbons (Fsp3) is 0.500. The van der Waals surface area contributed by atoms with Gasteiger partial charge in [0.25, 0.3) is 0 Å². The van der Waals surface area contributed by atoms with E-state index >= 15 is 0 Å². The molecule has 0 aromatic heterocycles. The molecule has 0 unspecified atom stereocenters. The lowest BCUT2D eigenvalue weighted by Crippen LogP contribution is -2.19. The number of phenolic OH excluding ortho intramolecular Hbond substituents is 1. The molecule has 2 aliphatic rings. The van der Waals surface area contributed by atoms with Crippen molar-refractivity contribution in [2.75, 3.05) is 26.1 Å². The summed E-state index contributed by atoms with van der Waals surface area (Å²) in [5, 5.41) is 9.55. The molecule has 1 aromatic carbocycles. The molecule has 0 aliphatic carbocycles. The predicted octanol–water partition coefficient (Wildman–Crippen LogP) is 3.87. The van der Waals surface area contributed by atoms with Crippen LogP contribution >= 0.6 is 15.9 Å². The largest absolute Gasteiger partial charge is 0.507 e. The molecule has 0 radical (unpaired) electrons. The summed E-state index contributed by atoms with van der Waals surface area (Å²) in [4.78, 5) is 0. The summed E-state index contributed by atoms with van der Waals surface area (Å²) in [6.07, 6.45) is 4.18.